The fourth-order valence-electron chi connectivity index (χ4n) is 3.60. The van der Waals surface area contributed by atoms with Crippen LogP contribution in [0.3, 0.4) is 0 Å². The first-order chi connectivity index (χ1) is 12.0. The maximum atomic E-state index is 14.0. The number of alkyl halides is 3. The van der Waals surface area contributed by atoms with Gasteiger partial charge in [0.1, 0.15) is 0 Å². The average molecular weight is 364 g/mol. The molecule has 1 amide bonds. The molecule has 1 aliphatic rings. The highest BCUT2D eigenvalue weighted by atomic mass is 19.4. The van der Waals surface area contributed by atoms with Gasteiger partial charge < -0.3 is 0 Å². The molecular weight excluding hydrogens is 341 g/mol. The second kappa shape index (κ2) is 6.27. The molecule has 3 rings (SSSR count). The van der Waals surface area contributed by atoms with Crippen LogP contribution in [0.25, 0.3) is 10.8 Å². The third kappa shape index (κ3) is 3.18. The fourth-order valence-corrected chi connectivity index (χ4v) is 3.60. The van der Waals surface area contributed by atoms with Gasteiger partial charge in [-0.3, -0.25) is 10.2 Å². The van der Waals surface area contributed by atoms with Gasteiger partial charge in [0.2, 0.25) is 5.91 Å². The molecule has 0 radical (unpaired) electrons. The van der Waals surface area contributed by atoms with Gasteiger partial charge in [-0.25, -0.2) is 5.01 Å². The van der Waals surface area contributed by atoms with Crippen LogP contribution in [0.15, 0.2) is 36.4 Å². The van der Waals surface area contributed by atoms with Gasteiger partial charge in [-0.05, 0) is 41.7 Å². The largest absolute Gasteiger partial charge is 0.409 e. The summed E-state index contributed by atoms with van der Waals surface area (Å²) in [5.41, 5.74) is 2.73. The lowest BCUT2D eigenvalue weighted by Gasteiger charge is -2.31. The first-order valence-electron chi connectivity index (χ1n) is 8.68. The first kappa shape index (κ1) is 18.7. The highest BCUT2D eigenvalue weighted by Crippen LogP contribution is 2.43. The van der Waals surface area contributed by atoms with E-state index in [1.165, 1.54) is 6.07 Å². The number of carbonyl (C=O) groups excluding carboxylic acids is 1. The van der Waals surface area contributed by atoms with E-state index >= 15 is 0 Å². The molecule has 6 heteroatoms. The van der Waals surface area contributed by atoms with Crippen LogP contribution in [-0.4, -0.2) is 23.6 Å². The van der Waals surface area contributed by atoms with E-state index < -0.39 is 23.5 Å². The molecule has 140 valence electrons. The van der Waals surface area contributed by atoms with Crippen molar-refractivity contribution in [1.82, 2.24) is 10.4 Å². The Hall–Kier alpha value is -2.08. The summed E-state index contributed by atoms with van der Waals surface area (Å²) in [4.78, 5) is 12.1. The lowest BCUT2D eigenvalue weighted by Crippen LogP contribution is -2.43. The molecule has 0 spiro atoms. The summed E-state index contributed by atoms with van der Waals surface area (Å²) < 4.78 is 42.1. The number of benzene rings is 2. The van der Waals surface area contributed by atoms with Crippen LogP contribution in [0, 0.1) is 5.41 Å². The van der Waals surface area contributed by atoms with Crippen molar-refractivity contribution in [3.05, 3.63) is 47.5 Å². The number of halogens is 3. The molecule has 0 bridgehead atoms. The Morgan fingerprint density at radius 2 is 1.58 bits per heavy atom. The van der Waals surface area contributed by atoms with Gasteiger partial charge in [0, 0.05) is 6.54 Å². The Labute approximate surface area is 151 Å². The van der Waals surface area contributed by atoms with Crippen molar-refractivity contribution in [1.29, 1.82) is 0 Å². The van der Waals surface area contributed by atoms with E-state index in [2.05, 4.69) is 5.43 Å². The molecule has 3 nitrogen and oxygen atoms in total. The minimum atomic E-state index is -4.52. The molecule has 1 heterocycles. The predicted octanol–water partition coefficient (Wildman–Crippen LogP) is 4.94. The van der Waals surface area contributed by atoms with Crippen molar-refractivity contribution in [2.24, 2.45) is 5.41 Å². The summed E-state index contributed by atoms with van der Waals surface area (Å²) in [5.74, 6) is -0.196. The molecule has 1 fully saturated rings. The number of nitrogens with one attached hydrogen (secondary N) is 1. The Morgan fingerprint density at radius 3 is 2.04 bits per heavy atom. The third-order valence-corrected chi connectivity index (χ3v) is 4.95. The van der Waals surface area contributed by atoms with Crippen LogP contribution >= 0.6 is 0 Å². The minimum Gasteiger partial charge on any atom is -0.287 e. The zero-order valence-electron chi connectivity index (χ0n) is 15.3. The monoisotopic (exact) mass is 364 g/mol. The molecule has 26 heavy (non-hydrogen) atoms. The van der Waals surface area contributed by atoms with Gasteiger partial charge in [-0.15, -0.1) is 0 Å². The molecule has 1 N–H and O–H groups in total. The number of rotatable bonds is 3. The molecule has 1 saturated heterocycles. The number of hydrogen-bond acceptors (Lipinski definition) is 2. The summed E-state index contributed by atoms with van der Waals surface area (Å²) in [6.07, 6.45) is -4.52. The molecule has 1 atom stereocenters. The second-order valence-corrected chi connectivity index (χ2v) is 7.84. The van der Waals surface area contributed by atoms with Gasteiger partial charge in [-0.1, -0.05) is 50.2 Å². The van der Waals surface area contributed by atoms with Crippen LogP contribution in [0.4, 0.5) is 13.2 Å². The summed E-state index contributed by atoms with van der Waals surface area (Å²) in [5, 5.41) is 2.41. The Bertz CT molecular complexity index is 843. The topological polar surface area (TPSA) is 32.3 Å². The first-order valence-corrected chi connectivity index (χ1v) is 8.68. The summed E-state index contributed by atoms with van der Waals surface area (Å²) in [7, 11) is 0. The maximum absolute atomic E-state index is 14.0. The van der Waals surface area contributed by atoms with Gasteiger partial charge in [0.05, 0.1) is 5.41 Å². The number of hydrazine groups is 1. The number of amides is 1. The third-order valence-electron chi connectivity index (χ3n) is 4.95. The van der Waals surface area contributed by atoms with Crippen molar-refractivity contribution in [3.8, 4) is 0 Å². The molecule has 2 aromatic carbocycles. The van der Waals surface area contributed by atoms with Crippen LogP contribution in [0.2, 0.25) is 0 Å². The van der Waals surface area contributed by atoms with Crippen molar-refractivity contribution >= 4 is 16.7 Å². The summed E-state index contributed by atoms with van der Waals surface area (Å²) >= 11 is 0. The zero-order valence-corrected chi connectivity index (χ0v) is 15.3. The summed E-state index contributed by atoms with van der Waals surface area (Å²) in [6.45, 7) is 7.33. The summed E-state index contributed by atoms with van der Waals surface area (Å²) in [6, 6.07) is 8.58. The smallest absolute Gasteiger partial charge is 0.287 e. The van der Waals surface area contributed by atoms with Crippen LogP contribution in [0.5, 0.6) is 0 Å². The quantitative estimate of drug-likeness (QED) is 0.837. The minimum absolute atomic E-state index is 0.00370. The Morgan fingerprint density at radius 1 is 1.04 bits per heavy atom. The van der Waals surface area contributed by atoms with Crippen molar-refractivity contribution in [2.75, 3.05) is 6.54 Å². The average Bonchev–Trinajstić information content (AvgIpc) is 2.78. The fraction of sp³-hybridized carbons (Fsp3) is 0.450. The van der Waals surface area contributed by atoms with Gasteiger partial charge in [0.15, 0.2) is 6.04 Å². The van der Waals surface area contributed by atoms with E-state index in [9.17, 15) is 18.0 Å². The Balaban J connectivity index is 2.18. The van der Waals surface area contributed by atoms with Crippen LogP contribution in [-0.2, 0) is 4.79 Å². The van der Waals surface area contributed by atoms with Crippen LogP contribution < -0.4 is 5.43 Å². The van der Waals surface area contributed by atoms with Crippen LogP contribution in [0.1, 0.15) is 50.8 Å². The van der Waals surface area contributed by atoms with Gasteiger partial charge >= 0.3 is 6.18 Å². The van der Waals surface area contributed by atoms with Gasteiger partial charge in [-0.2, -0.15) is 13.2 Å². The standard InChI is InChI=1S/C20H23F3N2O/c1-12(2)13-7-5-9-15-14(13)8-6-10-16(15)17(20(21,22)23)25-11-19(3,4)18(26)24-25/h5-10,12,17H,11H2,1-4H3,(H,24,26). The van der Waals surface area contributed by atoms with Crippen molar-refractivity contribution in [3.63, 3.8) is 0 Å². The van der Waals surface area contributed by atoms with E-state index in [4.69, 9.17) is 0 Å². The van der Waals surface area contributed by atoms with E-state index in [1.807, 2.05) is 26.0 Å². The molecule has 0 aliphatic carbocycles. The predicted molar refractivity (Wildman–Crippen MR) is 95.5 cm³/mol. The van der Waals surface area contributed by atoms with E-state index in [-0.39, 0.29) is 18.0 Å². The Kier molecular flexibility index (Phi) is 4.51. The highest BCUT2D eigenvalue weighted by Gasteiger charge is 2.51. The normalized spacial score (nSPS) is 19.2. The second-order valence-electron chi connectivity index (χ2n) is 7.84. The van der Waals surface area contributed by atoms with E-state index in [0.717, 1.165) is 16.0 Å². The van der Waals surface area contributed by atoms with Crippen molar-refractivity contribution in [2.45, 2.75) is 45.8 Å². The zero-order chi connectivity index (χ0) is 19.3. The molecular formula is C20H23F3N2O. The molecule has 1 aliphatic heterocycles. The maximum Gasteiger partial charge on any atom is 0.409 e. The molecule has 1 unspecified atom stereocenters. The van der Waals surface area contributed by atoms with E-state index in [0.29, 0.717) is 5.39 Å². The van der Waals surface area contributed by atoms with Gasteiger partial charge in [0.25, 0.3) is 0 Å². The number of fused-ring (bicyclic) bond motifs is 1. The molecule has 0 saturated carbocycles. The molecule has 0 aromatic heterocycles. The highest BCUT2D eigenvalue weighted by molar-refractivity contribution is 5.90. The lowest BCUT2D eigenvalue weighted by atomic mass is 9.90. The lowest BCUT2D eigenvalue weighted by molar-refractivity contribution is -0.191. The SMILES string of the molecule is CC(C)c1cccc2c(C(N3CC(C)(C)C(=O)N3)C(F)(F)F)cccc12. The number of carbonyl (C=O) groups is 1. The van der Waals surface area contributed by atoms with E-state index in [1.54, 1.807) is 32.0 Å². The van der Waals surface area contributed by atoms with Crippen molar-refractivity contribution < 1.29 is 18.0 Å². The number of hydrogen-bond donors (Lipinski definition) is 1. The molecule has 2 aromatic rings. The number of nitrogens with zero attached hydrogens (tertiary/aromatic N) is 1.